The minimum Gasteiger partial charge on any atom is -0.393 e. The lowest BCUT2D eigenvalue weighted by molar-refractivity contribution is 0.160. The molecular weight excluding hydrogens is 250 g/mol. The van der Waals surface area contributed by atoms with Crippen LogP contribution in [-0.4, -0.2) is 38.0 Å². The Balaban J connectivity index is 3.07. The Kier molecular flexibility index (Phi) is 4.90. The van der Waals surface area contributed by atoms with Gasteiger partial charge in [-0.1, -0.05) is 19.1 Å². The third-order valence-electron chi connectivity index (χ3n) is 3.11. The maximum atomic E-state index is 11.9. The molecule has 0 spiro atoms. The summed E-state index contributed by atoms with van der Waals surface area (Å²) in [5.74, 6) is 0.0427. The Labute approximate surface area is 109 Å². The van der Waals surface area contributed by atoms with Crippen LogP contribution in [0.5, 0.6) is 0 Å². The van der Waals surface area contributed by atoms with Crippen molar-refractivity contribution in [3.63, 3.8) is 0 Å². The second-order valence-electron chi connectivity index (χ2n) is 4.61. The first-order valence-electron chi connectivity index (χ1n) is 6.01. The van der Waals surface area contributed by atoms with Crippen LogP contribution in [0.2, 0.25) is 0 Å². The smallest absolute Gasteiger partial charge is 0.242 e. The third-order valence-corrected chi connectivity index (χ3v) is 4.94. The zero-order valence-electron chi connectivity index (χ0n) is 11.3. The fourth-order valence-corrected chi connectivity index (χ4v) is 2.85. The molecule has 0 saturated heterocycles. The lowest BCUT2D eigenvalue weighted by atomic mass is 9.92. The second-order valence-corrected chi connectivity index (χ2v) is 6.76. The van der Waals surface area contributed by atoms with E-state index in [0.717, 1.165) is 12.0 Å². The van der Waals surface area contributed by atoms with E-state index in [1.165, 1.54) is 18.4 Å². The molecule has 0 aromatic heterocycles. The van der Waals surface area contributed by atoms with Crippen molar-refractivity contribution in [2.24, 2.45) is 0 Å². The van der Waals surface area contributed by atoms with Gasteiger partial charge >= 0.3 is 0 Å². The number of aliphatic hydroxyl groups is 1. The molecule has 0 saturated carbocycles. The monoisotopic (exact) mass is 271 g/mol. The molecule has 4 nitrogen and oxygen atoms in total. The standard InChI is InChI=1S/C13H21NO3S/c1-5-13(10(2)15)11-6-8-12(9-7-11)18(16,17)14(3)4/h6-10,13,15H,5H2,1-4H3. The SMILES string of the molecule is CCC(c1ccc(S(=O)(=O)N(C)C)cc1)C(C)O. The number of hydrogen-bond donors (Lipinski definition) is 1. The highest BCUT2D eigenvalue weighted by atomic mass is 32.2. The van der Waals surface area contributed by atoms with Crippen molar-refractivity contribution in [3.8, 4) is 0 Å². The normalized spacial score (nSPS) is 15.7. The highest BCUT2D eigenvalue weighted by Gasteiger charge is 2.19. The molecular formula is C13H21NO3S. The first-order valence-corrected chi connectivity index (χ1v) is 7.45. The van der Waals surface area contributed by atoms with Gasteiger partial charge in [-0.2, -0.15) is 0 Å². The van der Waals surface area contributed by atoms with E-state index in [9.17, 15) is 13.5 Å². The summed E-state index contributed by atoms with van der Waals surface area (Å²) in [7, 11) is -0.360. The van der Waals surface area contributed by atoms with Crippen molar-refractivity contribution in [3.05, 3.63) is 29.8 Å². The summed E-state index contributed by atoms with van der Waals surface area (Å²) in [5.41, 5.74) is 0.963. The van der Waals surface area contributed by atoms with Crippen molar-refractivity contribution in [1.82, 2.24) is 4.31 Å². The maximum absolute atomic E-state index is 11.9. The Morgan fingerprint density at radius 3 is 2.06 bits per heavy atom. The van der Waals surface area contributed by atoms with E-state index in [2.05, 4.69) is 0 Å². The van der Waals surface area contributed by atoms with E-state index >= 15 is 0 Å². The minimum atomic E-state index is -3.38. The van der Waals surface area contributed by atoms with Crippen molar-refractivity contribution in [1.29, 1.82) is 0 Å². The Hall–Kier alpha value is -0.910. The molecule has 0 amide bonds. The van der Waals surface area contributed by atoms with E-state index in [-0.39, 0.29) is 10.8 Å². The Bertz CT molecular complexity index is 477. The molecule has 1 aromatic rings. The fraction of sp³-hybridized carbons (Fsp3) is 0.538. The van der Waals surface area contributed by atoms with Crippen LogP contribution < -0.4 is 0 Å². The number of hydrogen-bond acceptors (Lipinski definition) is 3. The quantitative estimate of drug-likeness (QED) is 0.888. The Morgan fingerprint density at radius 2 is 1.72 bits per heavy atom. The molecule has 0 aliphatic rings. The van der Waals surface area contributed by atoms with E-state index in [0.29, 0.717) is 0 Å². The van der Waals surface area contributed by atoms with E-state index in [1.54, 1.807) is 31.2 Å². The van der Waals surface area contributed by atoms with Gasteiger partial charge in [0.05, 0.1) is 11.0 Å². The molecule has 0 aliphatic carbocycles. The zero-order chi connectivity index (χ0) is 13.9. The largest absolute Gasteiger partial charge is 0.393 e. The summed E-state index contributed by atoms with van der Waals surface area (Å²) in [6.07, 6.45) is 0.378. The van der Waals surface area contributed by atoms with Crippen LogP contribution in [0.4, 0.5) is 0 Å². The molecule has 18 heavy (non-hydrogen) atoms. The molecule has 2 unspecified atom stereocenters. The average Bonchev–Trinajstić information content (AvgIpc) is 2.30. The number of nitrogens with zero attached hydrogens (tertiary/aromatic N) is 1. The number of sulfonamides is 1. The predicted octanol–water partition coefficient (Wildman–Crippen LogP) is 1.81. The van der Waals surface area contributed by atoms with E-state index < -0.39 is 16.1 Å². The second kappa shape index (κ2) is 5.82. The number of benzene rings is 1. The molecule has 1 aromatic carbocycles. The summed E-state index contributed by atoms with van der Waals surface area (Å²) in [4.78, 5) is 0.275. The predicted molar refractivity (Wildman–Crippen MR) is 72.0 cm³/mol. The van der Waals surface area contributed by atoms with Crippen LogP contribution in [0, 0.1) is 0 Å². The van der Waals surface area contributed by atoms with Crippen LogP contribution in [-0.2, 0) is 10.0 Å². The summed E-state index contributed by atoms with van der Waals surface area (Å²) in [5, 5.41) is 9.66. The number of aliphatic hydroxyl groups excluding tert-OH is 1. The molecule has 0 aliphatic heterocycles. The van der Waals surface area contributed by atoms with Crippen molar-refractivity contribution < 1.29 is 13.5 Å². The highest BCUT2D eigenvalue weighted by molar-refractivity contribution is 7.89. The van der Waals surface area contributed by atoms with Crippen molar-refractivity contribution >= 4 is 10.0 Å². The number of rotatable bonds is 5. The lowest BCUT2D eigenvalue weighted by Gasteiger charge is -2.19. The summed E-state index contributed by atoms with van der Waals surface area (Å²) in [6, 6.07) is 6.74. The first-order chi connectivity index (χ1) is 8.30. The molecule has 1 rings (SSSR count). The lowest BCUT2D eigenvalue weighted by Crippen LogP contribution is -2.22. The van der Waals surface area contributed by atoms with Crippen LogP contribution in [0.25, 0.3) is 0 Å². The molecule has 2 atom stereocenters. The van der Waals surface area contributed by atoms with Crippen molar-refractivity contribution in [2.75, 3.05) is 14.1 Å². The molecule has 0 radical (unpaired) electrons. The fourth-order valence-electron chi connectivity index (χ4n) is 1.95. The van der Waals surface area contributed by atoms with Gasteiger partial charge in [-0.05, 0) is 31.0 Å². The minimum absolute atomic E-state index is 0.0427. The van der Waals surface area contributed by atoms with Crippen molar-refractivity contribution in [2.45, 2.75) is 37.2 Å². The van der Waals surface area contributed by atoms with Gasteiger partial charge in [0.15, 0.2) is 0 Å². The molecule has 1 N–H and O–H groups in total. The Morgan fingerprint density at radius 1 is 1.22 bits per heavy atom. The molecule has 0 bridgehead atoms. The maximum Gasteiger partial charge on any atom is 0.242 e. The van der Waals surface area contributed by atoms with E-state index in [1.807, 2.05) is 6.92 Å². The average molecular weight is 271 g/mol. The molecule has 0 fully saturated rings. The highest BCUT2D eigenvalue weighted by Crippen LogP contribution is 2.25. The van der Waals surface area contributed by atoms with Crippen LogP contribution in [0.1, 0.15) is 31.7 Å². The molecule has 102 valence electrons. The van der Waals surface area contributed by atoms with Gasteiger partial charge in [0.25, 0.3) is 0 Å². The molecule has 0 heterocycles. The summed E-state index contributed by atoms with van der Waals surface area (Å²) in [6.45, 7) is 3.75. The van der Waals surface area contributed by atoms with Crippen LogP contribution >= 0.6 is 0 Å². The zero-order valence-corrected chi connectivity index (χ0v) is 12.1. The van der Waals surface area contributed by atoms with Gasteiger partial charge < -0.3 is 5.11 Å². The van der Waals surface area contributed by atoms with Gasteiger partial charge in [0.1, 0.15) is 0 Å². The van der Waals surface area contributed by atoms with Crippen LogP contribution in [0.3, 0.4) is 0 Å². The van der Waals surface area contributed by atoms with Gasteiger partial charge in [0.2, 0.25) is 10.0 Å². The summed E-state index contributed by atoms with van der Waals surface area (Å²) < 4.78 is 25.0. The third kappa shape index (κ3) is 3.10. The van der Waals surface area contributed by atoms with E-state index in [4.69, 9.17) is 0 Å². The van der Waals surface area contributed by atoms with Gasteiger partial charge in [-0.25, -0.2) is 12.7 Å². The summed E-state index contributed by atoms with van der Waals surface area (Å²) >= 11 is 0. The van der Waals surface area contributed by atoms with Gasteiger partial charge in [-0.3, -0.25) is 0 Å². The molecule has 5 heteroatoms. The van der Waals surface area contributed by atoms with Gasteiger partial charge in [-0.15, -0.1) is 0 Å². The first kappa shape index (κ1) is 15.1. The van der Waals surface area contributed by atoms with Crippen LogP contribution in [0.15, 0.2) is 29.2 Å². The van der Waals surface area contributed by atoms with Gasteiger partial charge in [0, 0.05) is 20.0 Å². The topological polar surface area (TPSA) is 57.6 Å².